The van der Waals surface area contributed by atoms with Crippen molar-refractivity contribution in [1.29, 1.82) is 0 Å². The predicted molar refractivity (Wildman–Crippen MR) is 90.2 cm³/mol. The molecule has 3 N–H and O–H groups in total. The minimum Gasteiger partial charge on any atom is -0.383 e. The van der Waals surface area contributed by atoms with Crippen LogP contribution in [-0.4, -0.2) is 11.5 Å². The van der Waals surface area contributed by atoms with Gasteiger partial charge in [0.25, 0.3) is 0 Å². The Kier molecular flexibility index (Phi) is 6.04. The van der Waals surface area contributed by atoms with Crippen LogP contribution in [0.4, 0.5) is 5.82 Å². The Balaban J connectivity index is 2.25. The SMILES string of the molecule is CCCNC(c1c(C)ccnc1N)C1CCCC(CC)C1. The molecule has 0 saturated heterocycles. The maximum Gasteiger partial charge on any atom is 0.128 e. The summed E-state index contributed by atoms with van der Waals surface area (Å²) >= 11 is 0. The molecular formula is C18H31N3. The van der Waals surface area contributed by atoms with E-state index in [9.17, 15) is 0 Å². The molecule has 21 heavy (non-hydrogen) atoms. The number of rotatable bonds is 6. The van der Waals surface area contributed by atoms with Gasteiger partial charge in [0.1, 0.15) is 5.82 Å². The van der Waals surface area contributed by atoms with Gasteiger partial charge in [0.2, 0.25) is 0 Å². The Bertz CT molecular complexity index is 424. The Morgan fingerprint density at radius 3 is 2.86 bits per heavy atom. The number of anilines is 1. The van der Waals surface area contributed by atoms with Crippen molar-refractivity contribution in [1.82, 2.24) is 10.3 Å². The van der Waals surface area contributed by atoms with Gasteiger partial charge in [-0.1, -0.05) is 33.1 Å². The summed E-state index contributed by atoms with van der Waals surface area (Å²) in [5.41, 5.74) is 8.73. The molecule has 2 rings (SSSR count). The highest BCUT2D eigenvalue weighted by Crippen LogP contribution is 2.40. The van der Waals surface area contributed by atoms with Crippen LogP contribution in [0.15, 0.2) is 12.3 Å². The summed E-state index contributed by atoms with van der Waals surface area (Å²) in [6, 6.07) is 2.46. The number of nitrogen functional groups attached to an aromatic ring is 1. The van der Waals surface area contributed by atoms with Crippen molar-refractivity contribution in [3.05, 3.63) is 23.4 Å². The topological polar surface area (TPSA) is 50.9 Å². The summed E-state index contributed by atoms with van der Waals surface area (Å²) in [5, 5.41) is 3.76. The zero-order valence-corrected chi connectivity index (χ0v) is 13.9. The van der Waals surface area contributed by atoms with Crippen molar-refractivity contribution in [3.63, 3.8) is 0 Å². The first-order valence-corrected chi connectivity index (χ1v) is 8.61. The van der Waals surface area contributed by atoms with Crippen molar-refractivity contribution in [2.45, 2.75) is 65.3 Å². The van der Waals surface area contributed by atoms with Crippen LogP contribution in [0, 0.1) is 18.8 Å². The number of aryl methyl sites for hydroxylation is 1. The summed E-state index contributed by atoms with van der Waals surface area (Å²) in [7, 11) is 0. The maximum atomic E-state index is 6.22. The molecule has 3 unspecified atom stereocenters. The van der Waals surface area contributed by atoms with Gasteiger partial charge in [-0.15, -0.1) is 0 Å². The third-order valence-electron chi connectivity index (χ3n) is 5.04. The minimum atomic E-state index is 0.369. The lowest BCUT2D eigenvalue weighted by atomic mass is 9.74. The third kappa shape index (κ3) is 3.97. The molecule has 0 spiro atoms. The Labute approximate surface area is 129 Å². The number of hydrogen-bond acceptors (Lipinski definition) is 3. The second-order valence-electron chi connectivity index (χ2n) is 6.56. The highest BCUT2D eigenvalue weighted by molar-refractivity contribution is 5.46. The van der Waals surface area contributed by atoms with Crippen LogP contribution in [0.5, 0.6) is 0 Å². The smallest absolute Gasteiger partial charge is 0.128 e. The fraction of sp³-hybridized carbons (Fsp3) is 0.722. The van der Waals surface area contributed by atoms with Crippen LogP contribution in [0.2, 0.25) is 0 Å². The number of hydrogen-bond donors (Lipinski definition) is 2. The number of nitrogens with two attached hydrogens (primary N) is 1. The molecule has 118 valence electrons. The van der Waals surface area contributed by atoms with E-state index in [0.29, 0.717) is 17.8 Å². The lowest BCUT2D eigenvalue weighted by molar-refractivity contribution is 0.209. The fourth-order valence-electron chi connectivity index (χ4n) is 3.81. The van der Waals surface area contributed by atoms with Crippen molar-refractivity contribution in [2.75, 3.05) is 12.3 Å². The zero-order chi connectivity index (χ0) is 15.2. The molecule has 3 nitrogen and oxygen atoms in total. The normalized spacial score (nSPS) is 24.0. The van der Waals surface area contributed by atoms with Gasteiger partial charge in [-0.25, -0.2) is 4.98 Å². The highest BCUT2D eigenvalue weighted by Gasteiger charge is 2.30. The van der Waals surface area contributed by atoms with Gasteiger partial charge in [0.15, 0.2) is 0 Å². The Morgan fingerprint density at radius 2 is 2.19 bits per heavy atom. The van der Waals surface area contributed by atoms with Gasteiger partial charge < -0.3 is 11.1 Å². The van der Waals surface area contributed by atoms with Gasteiger partial charge in [-0.3, -0.25) is 0 Å². The standard InChI is InChI=1S/C18H31N3/c1-4-10-20-17(15-8-6-7-14(5-2)12-15)16-13(3)9-11-21-18(16)19/h9,11,14-15,17,20H,4-8,10,12H2,1-3H3,(H2,19,21). The summed E-state index contributed by atoms with van der Waals surface area (Å²) in [4.78, 5) is 4.34. The summed E-state index contributed by atoms with van der Waals surface area (Å²) in [6.45, 7) is 7.75. The number of pyridine rings is 1. The van der Waals surface area contributed by atoms with E-state index in [2.05, 4.69) is 37.1 Å². The number of nitrogens with one attached hydrogen (secondary N) is 1. The summed E-state index contributed by atoms with van der Waals surface area (Å²) < 4.78 is 0. The van der Waals surface area contributed by atoms with E-state index in [1.165, 1.54) is 43.2 Å². The predicted octanol–water partition coefficient (Wildman–Crippen LogP) is 4.23. The van der Waals surface area contributed by atoms with Gasteiger partial charge in [-0.05, 0) is 56.2 Å². The van der Waals surface area contributed by atoms with E-state index < -0.39 is 0 Å². The molecule has 0 aliphatic heterocycles. The van der Waals surface area contributed by atoms with E-state index in [0.717, 1.165) is 18.9 Å². The molecule has 3 heteroatoms. The molecule has 1 aromatic heterocycles. The first-order chi connectivity index (χ1) is 10.2. The van der Waals surface area contributed by atoms with Gasteiger partial charge in [-0.2, -0.15) is 0 Å². The van der Waals surface area contributed by atoms with Crippen molar-refractivity contribution in [2.24, 2.45) is 11.8 Å². The van der Waals surface area contributed by atoms with E-state index >= 15 is 0 Å². The Morgan fingerprint density at radius 1 is 1.38 bits per heavy atom. The van der Waals surface area contributed by atoms with E-state index in [1.54, 1.807) is 0 Å². The molecular weight excluding hydrogens is 258 g/mol. The average molecular weight is 289 g/mol. The number of aromatic nitrogens is 1. The lowest BCUT2D eigenvalue weighted by Crippen LogP contribution is -2.33. The molecule has 0 radical (unpaired) electrons. The van der Waals surface area contributed by atoms with Crippen LogP contribution in [-0.2, 0) is 0 Å². The molecule has 3 atom stereocenters. The molecule has 0 amide bonds. The van der Waals surface area contributed by atoms with Crippen LogP contribution in [0.25, 0.3) is 0 Å². The molecule has 0 aromatic carbocycles. The van der Waals surface area contributed by atoms with Crippen molar-refractivity contribution >= 4 is 5.82 Å². The molecule has 1 saturated carbocycles. The largest absolute Gasteiger partial charge is 0.383 e. The third-order valence-corrected chi connectivity index (χ3v) is 5.04. The molecule has 1 aromatic rings. The second-order valence-corrected chi connectivity index (χ2v) is 6.56. The fourth-order valence-corrected chi connectivity index (χ4v) is 3.81. The van der Waals surface area contributed by atoms with Crippen LogP contribution in [0.3, 0.4) is 0 Å². The van der Waals surface area contributed by atoms with E-state index in [4.69, 9.17) is 5.73 Å². The second kappa shape index (κ2) is 7.79. The summed E-state index contributed by atoms with van der Waals surface area (Å²) in [6.07, 6.45) is 9.66. The van der Waals surface area contributed by atoms with Crippen LogP contribution < -0.4 is 11.1 Å². The first-order valence-electron chi connectivity index (χ1n) is 8.61. The zero-order valence-electron chi connectivity index (χ0n) is 13.9. The van der Waals surface area contributed by atoms with Crippen molar-refractivity contribution < 1.29 is 0 Å². The van der Waals surface area contributed by atoms with Crippen molar-refractivity contribution in [3.8, 4) is 0 Å². The molecule has 1 heterocycles. The molecule has 1 aliphatic rings. The summed E-state index contributed by atoms with van der Waals surface area (Å²) in [5.74, 6) is 2.29. The highest BCUT2D eigenvalue weighted by atomic mass is 14.9. The Hall–Kier alpha value is -1.09. The van der Waals surface area contributed by atoms with Gasteiger partial charge >= 0.3 is 0 Å². The minimum absolute atomic E-state index is 0.369. The first kappa shape index (κ1) is 16.3. The van der Waals surface area contributed by atoms with E-state index in [1.807, 2.05) is 6.20 Å². The molecule has 0 bridgehead atoms. The molecule has 1 fully saturated rings. The van der Waals surface area contributed by atoms with Crippen LogP contribution in [0.1, 0.15) is 69.5 Å². The van der Waals surface area contributed by atoms with Gasteiger partial charge in [0, 0.05) is 17.8 Å². The van der Waals surface area contributed by atoms with Crippen LogP contribution >= 0.6 is 0 Å². The van der Waals surface area contributed by atoms with Gasteiger partial charge in [0.05, 0.1) is 0 Å². The monoisotopic (exact) mass is 289 g/mol. The lowest BCUT2D eigenvalue weighted by Gasteiger charge is -2.36. The van der Waals surface area contributed by atoms with E-state index in [-0.39, 0.29) is 0 Å². The average Bonchev–Trinajstić information content (AvgIpc) is 2.50. The molecule has 1 aliphatic carbocycles. The maximum absolute atomic E-state index is 6.22. The quantitative estimate of drug-likeness (QED) is 0.824. The number of nitrogens with zero attached hydrogens (tertiary/aromatic N) is 1.